The number of hydrogen-bond donors (Lipinski definition) is 1. The van der Waals surface area contributed by atoms with Crippen molar-refractivity contribution < 1.29 is 28.4 Å². The average molecular weight is 727 g/mol. The summed E-state index contributed by atoms with van der Waals surface area (Å²) in [5, 5.41) is 20.0. The highest BCUT2D eigenvalue weighted by molar-refractivity contribution is 6.32. The molecule has 51 heavy (non-hydrogen) atoms. The molecule has 1 saturated heterocycles. The van der Waals surface area contributed by atoms with Crippen molar-refractivity contribution in [2.75, 3.05) is 78.4 Å². The highest BCUT2D eigenvalue weighted by atomic mass is 35.5. The van der Waals surface area contributed by atoms with E-state index in [1.54, 1.807) is 30.4 Å². The van der Waals surface area contributed by atoms with Crippen molar-refractivity contribution in [3.8, 4) is 22.9 Å². The summed E-state index contributed by atoms with van der Waals surface area (Å²) < 4.78 is 37.7. The number of halogens is 1. The van der Waals surface area contributed by atoms with E-state index in [4.69, 9.17) is 50.1 Å². The molecule has 4 heterocycles. The van der Waals surface area contributed by atoms with Gasteiger partial charge in [-0.05, 0) is 61.2 Å². The van der Waals surface area contributed by atoms with E-state index in [2.05, 4.69) is 30.7 Å². The molecule has 0 spiro atoms. The summed E-state index contributed by atoms with van der Waals surface area (Å²) in [6, 6.07) is 8.26. The molecular formula is C34H47ClN10O6. The van der Waals surface area contributed by atoms with Gasteiger partial charge in [0.05, 0.1) is 75.7 Å². The van der Waals surface area contributed by atoms with Gasteiger partial charge in [0.1, 0.15) is 30.5 Å². The lowest BCUT2D eigenvalue weighted by Crippen LogP contribution is -2.45. The molecule has 0 unspecified atom stereocenters. The van der Waals surface area contributed by atoms with Crippen LogP contribution in [0.3, 0.4) is 0 Å². The van der Waals surface area contributed by atoms with Gasteiger partial charge in [0, 0.05) is 38.0 Å². The lowest BCUT2D eigenvalue weighted by Gasteiger charge is -2.38. The molecule has 1 aliphatic carbocycles. The molecule has 1 N–H and O–H groups in total. The summed E-state index contributed by atoms with van der Waals surface area (Å²) in [6.07, 6.45) is 9.34. The van der Waals surface area contributed by atoms with Crippen molar-refractivity contribution in [3.63, 3.8) is 0 Å². The van der Waals surface area contributed by atoms with E-state index in [9.17, 15) is 0 Å². The largest absolute Gasteiger partial charge is 0.487 e. The van der Waals surface area contributed by atoms with Crippen LogP contribution in [0.1, 0.15) is 38.6 Å². The summed E-state index contributed by atoms with van der Waals surface area (Å²) >= 11 is 6.51. The van der Waals surface area contributed by atoms with Crippen LogP contribution in [0.4, 0.5) is 11.6 Å². The van der Waals surface area contributed by atoms with Gasteiger partial charge >= 0.3 is 0 Å². The Morgan fingerprint density at radius 3 is 2.51 bits per heavy atom. The molecule has 16 nitrogen and oxygen atoms in total. The van der Waals surface area contributed by atoms with Crippen LogP contribution in [-0.2, 0) is 25.5 Å². The SMILES string of the molecule is COCCOCCOCCOc1nn(C2CCC(N3CCOCC3)CC2)cc1Nc1nccc(-c2ccc(Cl)c(O[C@@H](C)Cn3cnnn3)c2)n1. The number of aromatic nitrogens is 8. The van der Waals surface area contributed by atoms with E-state index < -0.39 is 0 Å². The zero-order valence-electron chi connectivity index (χ0n) is 29.2. The van der Waals surface area contributed by atoms with Crippen molar-refractivity contribution in [1.29, 1.82) is 0 Å². The minimum Gasteiger partial charge on any atom is -0.487 e. The van der Waals surface area contributed by atoms with E-state index in [0.717, 1.165) is 57.6 Å². The number of rotatable bonds is 19. The van der Waals surface area contributed by atoms with Gasteiger partial charge in [-0.25, -0.2) is 14.6 Å². The summed E-state index contributed by atoms with van der Waals surface area (Å²) in [7, 11) is 1.65. The maximum Gasteiger partial charge on any atom is 0.257 e. The van der Waals surface area contributed by atoms with Gasteiger partial charge in [-0.2, -0.15) is 0 Å². The number of anilines is 2. The number of hydrogen-bond acceptors (Lipinski definition) is 14. The van der Waals surface area contributed by atoms with Gasteiger partial charge in [0.25, 0.3) is 5.88 Å². The molecule has 1 aliphatic heterocycles. The highest BCUT2D eigenvalue weighted by Crippen LogP contribution is 2.35. The van der Waals surface area contributed by atoms with E-state index in [-0.39, 0.29) is 12.1 Å². The Morgan fingerprint density at radius 2 is 1.75 bits per heavy atom. The Kier molecular flexibility index (Phi) is 13.8. The Morgan fingerprint density at radius 1 is 0.980 bits per heavy atom. The molecule has 4 aromatic rings. The van der Waals surface area contributed by atoms with Crippen LogP contribution >= 0.6 is 11.6 Å². The van der Waals surface area contributed by atoms with Crippen molar-refractivity contribution in [3.05, 3.63) is 48.0 Å². The normalized spacial score (nSPS) is 18.8. The minimum absolute atomic E-state index is 0.229. The van der Waals surface area contributed by atoms with Gasteiger partial charge < -0.3 is 33.7 Å². The van der Waals surface area contributed by atoms with Crippen LogP contribution < -0.4 is 14.8 Å². The summed E-state index contributed by atoms with van der Waals surface area (Å²) in [6.45, 7) is 8.83. The standard InChI is InChI=1S/C34H47ClN10O6/c1-25(22-44-24-37-41-42-44)51-32-21-26(3-8-29(32)35)30-9-10-36-34(38-30)39-31-23-45(28-6-4-27(5-7-28)43-11-13-47-14-12-43)40-33(31)50-20-19-49-18-17-48-16-15-46-2/h3,8-10,21,23-25,27-28H,4-7,11-20,22H2,1-2H3,(H,36,38,39)/t25-,27?,28?/m0/s1. The number of nitrogens with one attached hydrogen (secondary N) is 1. The second-order valence-electron chi connectivity index (χ2n) is 12.5. The van der Waals surface area contributed by atoms with Gasteiger partial charge in [-0.15, -0.1) is 10.2 Å². The van der Waals surface area contributed by atoms with Crippen LogP contribution in [0.25, 0.3) is 11.3 Å². The zero-order chi connectivity index (χ0) is 35.3. The molecule has 1 saturated carbocycles. The van der Waals surface area contributed by atoms with Crippen molar-refractivity contribution in [2.24, 2.45) is 0 Å². The topological polar surface area (TPSA) is 158 Å². The fraction of sp³-hybridized carbons (Fsp3) is 0.588. The Bertz CT molecular complexity index is 1610. The minimum atomic E-state index is -0.229. The van der Waals surface area contributed by atoms with E-state index in [1.165, 1.54) is 0 Å². The Labute approximate surface area is 302 Å². The number of methoxy groups -OCH3 is 1. The number of ether oxygens (including phenoxy) is 6. The van der Waals surface area contributed by atoms with Crippen molar-refractivity contribution in [2.45, 2.75) is 57.3 Å². The van der Waals surface area contributed by atoms with E-state index >= 15 is 0 Å². The summed E-state index contributed by atoms with van der Waals surface area (Å²) in [5.41, 5.74) is 2.20. The molecule has 1 atom stereocenters. The third-order valence-corrected chi connectivity index (χ3v) is 9.18. The number of tetrazole rings is 1. The molecule has 2 aliphatic rings. The third kappa shape index (κ3) is 10.8. The van der Waals surface area contributed by atoms with Gasteiger partial charge in [0.15, 0.2) is 0 Å². The molecule has 6 rings (SSSR count). The first-order chi connectivity index (χ1) is 25.1. The second kappa shape index (κ2) is 19.1. The average Bonchev–Trinajstić information content (AvgIpc) is 3.82. The predicted octanol–water partition coefficient (Wildman–Crippen LogP) is 4.07. The number of benzene rings is 1. The second-order valence-corrected chi connectivity index (χ2v) is 12.9. The van der Waals surface area contributed by atoms with Crippen LogP contribution in [-0.4, -0.2) is 130 Å². The maximum atomic E-state index is 6.51. The smallest absolute Gasteiger partial charge is 0.257 e. The van der Waals surface area contributed by atoms with Crippen LogP contribution in [0, 0.1) is 0 Å². The molecular weight excluding hydrogens is 680 g/mol. The predicted molar refractivity (Wildman–Crippen MR) is 189 cm³/mol. The van der Waals surface area contributed by atoms with Crippen LogP contribution in [0.15, 0.2) is 43.0 Å². The Hall–Kier alpha value is -3.93. The molecule has 276 valence electrons. The summed E-state index contributed by atoms with van der Waals surface area (Å²) in [4.78, 5) is 11.9. The first-order valence-corrected chi connectivity index (χ1v) is 17.9. The van der Waals surface area contributed by atoms with Crippen LogP contribution in [0.5, 0.6) is 11.6 Å². The fourth-order valence-electron chi connectivity index (χ4n) is 6.28. The van der Waals surface area contributed by atoms with Gasteiger partial charge in [-0.1, -0.05) is 17.7 Å². The summed E-state index contributed by atoms with van der Waals surface area (Å²) in [5.74, 6) is 1.41. The van der Waals surface area contributed by atoms with Gasteiger partial charge in [-0.3, -0.25) is 9.58 Å². The molecule has 1 aromatic carbocycles. The number of nitrogens with zero attached hydrogens (tertiary/aromatic N) is 9. The highest BCUT2D eigenvalue weighted by Gasteiger charge is 2.29. The molecule has 17 heteroatoms. The third-order valence-electron chi connectivity index (χ3n) is 8.86. The fourth-order valence-corrected chi connectivity index (χ4v) is 6.44. The van der Waals surface area contributed by atoms with E-state index in [0.29, 0.717) is 86.2 Å². The zero-order valence-corrected chi connectivity index (χ0v) is 30.0. The first-order valence-electron chi connectivity index (χ1n) is 17.5. The number of morpholine rings is 1. The van der Waals surface area contributed by atoms with Crippen LogP contribution in [0.2, 0.25) is 5.02 Å². The quantitative estimate of drug-likeness (QED) is 0.138. The molecule has 2 fully saturated rings. The lowest BCUT2D eigenvalue weighted by atomic mass is 9.90. The van der Waals surface area contributed by atoms with E-state index in [1.807, 2.05) is 36.0 Å². The molecule has 0 bridgehead atoms. The molecule has 0 radical (unpaired) electrons. The lowest BCUT2D eigenvalue weighted by molar-refractivity contribution is 0.00498. The maximum absolute atomic E-state index is 6.51. The Balaban J connectivity index is 1.12. The van der Waals surface area contributed by atoms with Crippen molar-refractivity contribution in [1.82, 2.24) is 44.9 Å². The first kappa shape index (κ1) is 36.8. The van der Waals surface area contributed by atoms with Crippen molar-refractivity contribution >= 4 is 23.2 Å². The monoisotopic (exact) mass is 726 g/mol. The molecule has 3 aromatic heterocycles. The van der Waals surface area contributed by atoms with Gasteiger partial charge in [0.2, 0.25) is 5.95 Å². The molecule has 0 amide bonds.